The number of benzene rings is 2. The molecule has 1 heterocycles. The monoisotopic (exact) mass is 392 g/mol. The van der Waals surface area contributed by atoms with Crippen LogP contribution in [-0.4, -0.2) is 37.2 Å². The fourth-order valence-electron chi connectivity index (χ4n) is 2.64. The van der Waals surface area contributed by atoms with Crippen LogP contribution in [0, 0.1) is 0 Å². The molecule has 0 saturated heterocycles. The summed E-state index contributed by atoms with van der Waals surface area (Å²) in [5.74, 6) is -0.625. The molecule has 1 aliphatic heterocycles. The van der Waals surface area contributed by atoms with Gasteiger partial charge in [-0.25, -0.2) is 4.79 Å². The van der Waals surface area contributed by atoms with E-state index < -0.39 is 22.0 Å². The second-order valence-electron chi connectivity index (χ2n) is 5.62. The molecule has 0 bridgehead atoms. The smallest absolute Gasteiger partial charge is 0.332 e. The molecule has 8 heteroatoms. The van der Waals surface area contributed by atoms with Crippen LogP contribution in [0.25, 0.3) is 0 Å². The molecule has 136 valence electrons. The molecule has 0 radical (unpaired) electrons. The summed E-state index contributed by atoms with van der Waals surface area (Å²) in [6.07, 6.45) is 0.131. The van der Waals surface area contributed by atoms with E-state index in [-0.39, 0.29) is 17.9 Å². The standard InChI is InChI=1S/C18H17ClN2O4S/c1-2-25-18(22)17-12-16(13-8-10-14(19)11-9-13)20-21(17)26(23,24)15-6-4-3-5-7-15/h3-11,17H,2,12H2,1H3. The molecule has 1 atom stereocenters. The minimum atomic E-state index is -3.98. The summed E-state index contributed by atoms with van der Waals surface area (Å²) < 4.78 is 31.9. The first-order valence-corrected chi connectivity index (χ1v) is 9.85. The molecule has 0 amide bonds. The van der Waals surface area contributed by atoms with E-state index in [2.05, 4.69) is 5.10 Å². The van der Waals surface area contributed by atoms with Gasteiger partial charge >= 0.3 is 5.97 Å². The van der Waals surface area contributed by atoms with Gasteiger partial charge in [0.1, 0.15) is 0 Å². The molecular formula is C18H17ClN2O4S. The molecule has 0 aromatic heterocycles. The number of rotatable bonds is 5. The molecule has 0 fully saturated rings. The quantitative estimate of drug-likeness (QED) is 0.733. The van der Waals surface area contributed by atoms with E-state index in [1.54, 1.807) is 49.4 Å². The zero-order valence-corrected chi connectivity index (χ0v) is 15.6. The van der Waals surface area contributed by atoms with Gasteiger partial charge in [0.25, 0.3) is 10.0 Å². The average Bonchev–Trinajstić information content (AvgIpc) is 3.10. The Balaban J connectivity index is 2.02. The Morgan fingerprint density at radius 2 is 1.85 bits per heavy atom. The molecule has 0 N–H and O–H groups in total. The highest BCUT2D eigenvalue weighted by Crippen LogP contribution is 2.28. The lowest BCUT2D eigenvalue weighted by atomic mass is 10.0. The number of nitrogens with zero attached hydrogens (tertiary/aromatic N) is 2. The summed E-state index contributed by atoms with van der Waals surface area (Å²) >= 11 is 5.90. The normalized spacial score (nSPS) is 17.1. The minimum absolute atomic E-state index is 0.0652. The molecule has 26 heavy (non-hydrogen) atoms. The second kappa shape index (κ2) is 7.47. The van der Waals surface area contributed by atoms with Crippen LogP contribution in [0.15, 0.2) is 64.6 Å². The van der Waals surface area contributed by atoms with Crippen molar-refractivity contribution in [3.8, 4) is 0 Å². The number of sulfonamides is 1. The van der Waals surface area contributed by atoms with Crippen LogP contribution in [0.5, 0.6) is 0 Å². The summed E-state index contributed by atoms with van der Waals surface area (Å²) in [5.41, 5.74) is 1.19. The van der Waals surface area contributed by atoms with E-state index in [1.165, 1.54) is 12.1 Å². The number of ether oxygens (including phenoxy) is 1. The summed E-state index contributed by atoms with van der Waals surface area (Å²) in [6.45, 7) is 1.83. The van der Waals surface area contributed by atoms with Crippen molar-refractivity contribution in [3.63, 3.8) is 0 Å². The van der Waals surface area contributed by atoms with Gasteiger partial charge in [0.15, 0.2) is 6.04 Å². The summed E-state index contributed by atoms with van der Waals surface area (Å²) in [5, 5.41) is 4.80. The Morgan fingerprint density at radius 3 is 2.46 bits per heavy atom. The van der Waals surface area contributed by atoms with Crippen molar-refractivity contribution in [3.05, 3.63) is 65.2 Å². The Bertz CT molecular complexity index is 927. The Morgan fingerprint density at radius 1 is 1.19 bits per heavy atom. The molecule has 0 spiro atoms. The third-order valence-electron chi connectivity index (χ3n) is 3.90. The summed E-state index contributed by atoms with van der Waals surface area (Å²) in [7, 11) is -3.98. The number of hydrogen-bond acceptors (Lipinski definition) is 5. The van der Waals surface area contributed by atoms with Gasteiger partial charge in [0, 0.05) is 11.4 Å². The maximum Gasteiger partial charge on any atom is 0.332 e. The molecule has 0 saturated carbocycles. The number of esters is 1. The fraction of sp³-hybridized carbons (Fsp3) is 0.222. The van der Waals surface area contributed by atoms with Crippen molar-refractivity contribution in [2.75, 3.05) is 6.61 Å². The highest BCUT2D eigenvalue weighted by molar-refractivity contribution is 7.89. The van der Waals surface area contributed by atoms with Gasteiger partial charge in [0.05, 0.1) is 17.2 Å². The van der Waals surface area contributed by atoms with Crippen molar-refractivity contribution in [1.29, 1.82) is 0 Å². The number of carbonyl (C=O) groups excluding carboxylic acids is 1. The zero-order chi connectivity index (χ0) is 18.7. The lowest BCUT2D eigenvalue weighted by Crippen LogP contribution is -2.39. The predicted molar refractivity (Wildman–Crippen MR) is 98.5 cm³/mol. The fourth-order valence-corrected chi connectivity index (χ4v) is 4.19. The van der Waals surface area contributed by atoms with Crippen LogP contribution in [0.2, 0.25) is 5.02 Å². The molecule has 1 aliphatic rings. The minimum Gasteiger partial charge on any atom is -0.464 e. The lowest BCUT2D eigenvalue weighted by molar-refractivity contribution is -0.147. The van der Waals surface area contributed by atoms with Gasteiger partial charge in [-0.1, -0.05) is 41.9 Å². The molecule has 0 aliphatic carbocycles. The number of halogens is 1. The van der Waals surface area contributed by atoms with Gasteiger partial charge in [-0.3, -0.25) is 0 Å². The van der Waals surface area contributed by atoms with Crippen molar-refractivity contribution in [2.45, 2.75) is 24.3 Å². The van der Waals surface area contributed by atoms with E-state index in [9.17, 15) is 13.2 Å². The molecule has 6 nitrogen and oxygen atoms in total. The highest BCUT2D eigenvalue weighted by Gasteiger charge is 2.41. The van der Waals surface area contributed by atoms with Gasteiger partial charge in [-0.2, -0.15) is 17.9 Å². The van der Waals surface area contributed by atoms with E-state index in [0.29, 0.717) is 16.3 Å². The lowest BCUT2D eigenvalue weighted by Gasteiger charge is -2.21. The van der Waals surface area contributed by atoms with E-state index in [1.807, 2.05) is 0 Å². The Labute approximate surface area is 157 Å². The molecule has 1 unspecified atom stereocenters. The first kappa shape index (κ1) is 18.4. The van der Waals surface area contributed by atoms with Crippen LogP contribution in [-0.2, 0) is 19.6 Å². The van der Waals surface area contributed by atoms with Crippen molar-refractivity contribution < 1.29 is 17.9 Å². The summed E-state index contributed by atoms with van der Waals surface area (Å²) in [4.78, 5) is 12.4. The molecular weight excluding hydrogens is 376 g/mol. The average molecular weight is 393 g/mol. The third-order valence-corrected chi connectivity index (χ3v) is 5.84. The maximum absolute atomic E-state index is 13.0. The van der Waals surface area contributed by atoms with Gasteiger partial charge in [0.2, 0.25) is 0 Å². The first-order chi connectivity index (χ1) is 12.4. The van der Waals surface area contributed by atoms with Gasteiger partial charge in [-0.15, -0.1) is 0 Å². The van der Waals surface area contributed by atoms with Crippen LogP contribution in [0.4, 0.5) is 0 Å². The molecule has 2 aromatic rings. The van der Waals surface area contributed by atoms with Gasteiger partial charge < -0.3 is 4.74 Å². The number of hydrogen-bond donors (Lipinski definition) is 0. The van der Waals surface area contributed by atoms with Crippen LogP contribution in [0.1, 0.15) is 18.9 Å². The topological polar surface area (TPSA) is 76.0 Å². The second-order valence-corrected chi connectivity index (χ2v) is 7.85. The molecule has 3 rings (SSSR count). The zero-order valence-electron chi connectivity index (χ0n) is 14.0. The van der Waals surface area contributed by atoms with Crippen LogP contribution >= 0.6 is 11.6 Å². The van der Waals surface area contributed by atoms with E-state index in [0.717, 1.165) is 4.41 Å². The Hall–Kier alpha value is -2.38. The van der Waals surface area contributed by atoms with E-state index >= 15 is 0 Å². The first-order valence-electron chi connectivity index (χ1n) is 8.03. The molecule has 2 aromatic carbocycles. The predicted octanol–water partition coefficient (Wildman–Crippen LogP) is 3.07. The third kappa shape index (κ3) is 3.59. The van der Waals surface area contributed by atoms with Crippen molar-refractivity contribution >= 4 is 33.3 Å². The largest absolute Gasteiger partial charge is 0.464 e. The summed E-state index contributed by atoms with van der Waals surface area (Å²) in [6, 6.07) is 13.7. The Kier molecular flexibility index (Phi) is 5.29. The maximum atomic E-state index is 13.0. The van der Waals surface area contributed by atoms with Crippen LogP contribution in [0.3, 0.4) is 0 Å². The van der Waals surface area contributed by atoms with Crippen LogP contribution < -0.4 is 0 Å². The highest BCUT2D eigenvalue weighted by atomic mass is 35.5. The van der Waals surface area contributed by atoms with Crippen molar-refractivity contribution in [1.82, 2.24) is 4.41 Å². The number of carbonyl (C=O) groups is 1. The van der Waals surface area contributed by atoms with Crippen molar-refractivity contribution in [2.24, 2.45) is 5.10 Å². The SMILES string of the molecule is CCOC(=O)C1CC(c2ccc(Cl)cc2)=NN1S(=O)(=O)c1ccccc1. The number of hydrazone groups is 1. The van der Waals surface area contributed by atoms with E-state index in [4.69, 9.17) is 16.3 Å². The van der Waals surface area contributed by atoms with Gasteiger partial charge in [-0.05, 0) is 36.8 Å².